The predicted octanol–water partition coefficient (Wildman–Crippen LogP) is 2.88. The van der Waals surface area contributed by atoms with Crippen molar-refractivity contribution in [3.63, 3.8) is 0 Å². The molecule has 188 valence electrons. The Morgan fingerprint density at radius 3 is 2.36 bits per heavy atom. The van der Waals surface area contributed by atoms with Crippen molar-refractivity contribution in [3.05, 3.63) is 66.6 Å². The van der Waals surface area contributed by atoms with E-state index in [4.69, 9.17) is 9.47 Å². The number of benzene rings is 1. The fourth-order valence-electron chi connectivity index (χ4n) is 5.62. The van der Waals surface area contributed by atoms with Gasteiger partial charge >= 0.3 is 0 Å². The number of nitrogens with zero attached hydrogens (tertiary/aromatic N) is 5. The molecule has 0 radical (unpaired) electrons. The Labute approximate surface area is 210 Å². The number of hydrogen-bond donors (Lipinski definition) is 0. The summed E-state index contributed by atoms with van der Waals surface area (Å²) in [6.45, 7) is 3.57. The van der Waals surface area contributed by atoms with Crippen LogP contribution in [0, 0.1) is 5.92 Å². The minimum Gasteiger partial charge on any atom is -0.347 e. The zero-order valence-corrected chi connectivity index (χ0v) is 20.3. The molecule has 2 aromatic heterocycles. The van der Waals surface area contributed by atoms with Gasteiger partial charge in [0.25, 0.3) is 5.91 Å². The summed E-state index contributed by atoms with van der Waals surface area (Å²) in [6, 6.07) is 13.6. The molecule has 0 aliphatic carbocycles. The molecule has 9 nitrogen and oxygen atoms in total. The van der Waals surface area contributed by atoms with E-state index in [-0.39, 0.29) is 17.7 Å². The molecule has 3 aliphatic rings. The van der Waals surface area contributed by atoms with Gasteiger partial charge in [0.15, 0.2) is 11.6 Å². The number of piperidine rings is 2. The highest BCUT2D eigenvalue weighted by Crippen LogP contribution is 2.33. The Hall–Kier alpha value is -3.43. The third-order valence-corrected chi connectivity index (χ3v) is 7.53. The fourth-order valence-corrected chi connectivity index (χ4v) is 5.62. The molecule has 3 aromatic rings. The van der Waals surface area contributed by atoms with Crippen LogP contribution >= 0.6 is 0 Å². The van der Waals surface area contributed by atoms with E-state index < -0.39 is 5.79 Å². The maximum absolute atomic E-state index is 13.8. The number of aromatic nitrogens is 3. The van der Waals surface area contributed by atoms with Gasteiger partial charge in [-0.15, -0.1) is 0 Å². The van der Waals surface area contributed by atoms with Crippen LogP contribution in [-0.2, 0) is 14.3 Å². The molecule has 3 saturated heterocycles. The van der Waals surface area contributed by atoms with Crippen LogP contribution in [0.1, 0.15) is 36.0 Å². The van der Waals surface area contributed by atoms with Gasteiger partial charge in [-0.05, 0) is 37.1 Å². The summed E-state index contributed by atoms with van der Waals surface area (Å²) in [7, 11) is 0. The van der Waals surface area contributed by atoms with Crippen LogP contribution in [0.3, 0.4) is 0 Å². The van der Waals surface area contributed by atoms with Gasteiger partial charge in [-0.25, -0.2) is 4.68 Å². The molecule has 5 heterocycles. The van der Waals surface area contributed by atoms with Crippen LogP contribution < -0.4 is 0 Å². The van der Waals surface area contributed by atoms with E-state index in [2.05, 4.69) is 5.10 Å². The van der Waals surface area contributed by atoms with E-state index in [9.17, 15) is 9.59 Å². The molecule has 0 saturated carbocycles. The van der Waals surface area contributed by atoms with Gasteiger partial charge < -0.3 is 23.8 Å². The lowest BCUT2D eigenvalue weighted by Crippen LogP contribution is -2.51. The Kier molecular flexibility index (Phi) is 6.10. The molecule has 1 atom stereocenters. The number of amides is 2. The highest BCUT2D eigenvalue weighted by molar-refractivity contribution is 5.97. The lowest BCUT2D eigenvalue weighted by atomic mass is 9.94. The summed E-state index contributed by atoms with van der Waals surface area (Å²) < 4.78 is 15.3. The molecule has 0 bridgehead atoms. The summed E-state index contributed by atoms with van der Waals surface area (Å²) in [4.78, 5) is 30.9. The molecule has 0 N–H and O–H groups in total. The zero-order valence-electron chi connectivity index (χ0n) is 20.3. The average Bonchev–Trinajstić information content (AvgIpc) is 3.70. The van der Waals surface area contributed by atoms with E-state index in [0.717, 1.165) is 18.5 Å². The molecule has 6 rings (SSSR count). The second kappa shape index (κ2) is 9.55. The van der Waals surface area contributed by atoms with E-state index in [0.29, 0.717) is 63.6 Å². The SMILES string of the molecule is O=C(c1cnn(-c2ccccc2)c1-n1cccc1)N1CCCC(C(=O)N2CCC3(CC2)OCCO3)C1. The van der Waals surface area contributed by atoms with Gasteiger partial charge in [0.2, 0.25) is 5.91 Å². The van der Waals surface area contributed by atoms with Gasteiger partial charge in [-0.1, -0.05) is 18.2 Å². The Morgan fingerprint density at radius 2 is 1.64 bits per heavy atom. The third-order valence-electron chi connectivity index (χ3n) is 7.53. The van der Waals surface area contributed by atoms with Crippen LogP contribution in [0.25, 0.3) is 11.5 Å². The number of hydrogen-bond acceptors (Lipinski definition) is 5. The molecule has 3 fully saturated rings. The van der Waals surface area contributed by atoms with Crippen molar-refractivity contribution in [2.75, 3.05) is 39.4 Å². The number of rotatable bonds is 4. The molecule has 36 heavy (non-hydrogen) atoms. The normalized spacial score (nSPS) is 21.7. The smallest absolute Gasteiger partial charge is 0.259 e. The molecular formula is C27H31N5O4. The maximum atomic E-state index is 13.8. The second-order valence-electron chi connectivity index (χ2n) is 9.74. The topological polar surface area (TPSA) is 81.8 Å². The Bertz CT molecular complexity index is 1210. The molecule has 9 heteroatoms. The van der Waals surface area contributed by atoms with Gasteiger partial charge in [0.05, 0.1) is 31.0 Å². The summed E-state index contributed by atoms with van der Waals surface area (Å²) in [5.74, 6) is 0.0395. The van der Waals surface area contributed by atoms with Gasteiger partial charge in [-0.3, -0.25) is 9.59 Å². The molecular weight excluding hydrogens is 458 g/mol. The van der Waals surface area contributed by atoms with Crippen LogP contribution in [0.5, 0.6) is 0 Å². The quantitative estimate of drug-likeness (QED) is 0.563. The van der Waals surface area contributed by atoms with Gasteiger partial charge in [0, 0.05) is 51.4 Å². The minimum absolute atomic E-state index is 0.0938. The number of likely N-dealkylation sites (tertiary alicyclic amines) is 2. The highest BCUT2D eigenvalue weighted by Gasteiger charge is 2.42. The maximum Gasteiger partial charge on any atom is 0.259 e. The first-order valence-corrected chi connectivity index (χ1v) is 12.8. The molecule has 3 aliphatic heterocycles. The predicted molar refractivity (Wildman–Crippen MR) is 132 cm³/mol. The first-order valence-electron chi connectivity index (χ1n) is 12.8. The highest BCUT2D eigenvalue weighted by atomic mass is 16.7. The molecule has 1 aromatic carbocycles. The average molecular weight is 490 g/mol. The van der Waals surface area contributed by atoms with Crippen LogP contribution in [-0.4, -0.2) is 81.1 Å². The Balaban J connectivity index is 1.20. The number of carbonyl (C=O) groups excluding carboxylic acids is 2. The molecule has 1 spiro atoms. The summed E-state index contributed by atoms with van der Waals surface area (Å²) >= 11 is 0. The lowest BCUT2D eigenvalue weighted by Gasteiger charge is -2.40. The van der Waals surface area contributed by atoms with E-state index >= 15 is 0 Å². The van der Waals surface area contributed by atoms with Gasteiger partial charge in [-0.2, -0.15) is 5.10 Å². The fraction of sp³-hybridized carbons (Fsp3) is 0.444. The van der Waals surface area contributed by atoms with Crippen LogP contribution in [0.2, 0.25) is 0 Å². The van der Waals surface area contributed by atoms with Gasteiger partial charge in [0.1, 0.15) is 5.56 Å². The molecule has 1 unspecified atom stereocenters. The first-order chi connectivity index (χ1) is 17.6. The summed E-state index contributed by atoms with van der Waals surface area (Å²) in [5, 5.41) is 4.57. The van der Waals surface area contributed by atoms with Crippen molar-refractivity contribution >= 4 is 11.8 Å². The van der Waals surface area contributed by atoms with Crippen molar-refractivity contribution < 1.29 is 19.1 Å². The first kappa shape index (κ1) is 23.0. The number of carbonyl (C=O) groups is 2. The summed E-state index contributed by atoms with van der Waals surface area (Å²) in [5.41, 5.74) is 1.41. The number of para-hydroxylation sites is 1. The van der Waals surface area contributed by atoms with Crippen molar-refractivity contribution in [2.24, 2.45) is 5.92 Å². The van der Waals surface area contributed by atoms with Crippen molar-refractivity contribution in [1.82, 2.24) is 24.1 Å². The third kappa shape index (κ3) is 4.22. The van der Waals surface area contributed by atoms with Crippen molar-refractivity contribution in [1.29, 1.82) is 0 Å². The van der Waals surface area contributed by atoms with E-state index in [1.807, 2.05) is 69.2 Å². The van der Waals surface area contributed by atoms with Crippen molar-refractivity contribution in [2.45, 2.75) is 31.5 Å². The van der Waals surface area contributed by atoms with Crippen LogP contribution in [0.4, 0.5) is 0 Å². The molecule has 2 amide bonds. The largest absolute Gasteiger partial charge is 0.347 e. The zero-order chi connectivity index (χ0) is 24.5. The Morgan fingerprint density at radius 1 is 0.917 bits per heavy atom. The van der Waals surface area contributed by atoms with E-state index in [1.54, 1.807) is 10.9 Å². The van der Waals surface area contributed by atoms with E-state index in [1.165, 1.54) is 0 Å². The summed E-state index contributed by atoms with van der Waals surface area (Å²) in [6.07, 6.45) is 8.47. The standard InChI is InChI=1S/C27H31N5O4/c33-25(30-15-10-27(11-16-30)35-17-18-36-27)21-7-6-14-31(20-21)26(34)23-19-28-32(22-8-2-1-3-9-22)24(23)29-12-4-5-13-29/h1-5,8-9,12-13,19,21H,6-7,10-11,14-18,20H2. The lowest BCUT2D eigenvalue weighted by molar-refractivity contribution is -0.188. The van der Waals surface area contributed by atoms with Crippen LogP contribution in [0.15, 0.2) is 61.1 Å². The minimum atomic E-state index is -0.501. The number of ether oxygens (including phenoxy) is 2. The monoisotopic (exact) mass is 489 g/mol. The van der Waals surface area contributed by atoms with Crippen molar-refractivity contribution in [3.8, 4) is 11.5 Å². The second-order valence-corrected chi connectivity index (χ2v) is 9.74.